The van der Waals surface area contributed by atoms with E-state index >= 15 is 0 Å². The monoisotopic (exact) mass is 262 g/mol. The molecule has 0 amide bonds. The third-order valence-corrected chi connectivity index (χ3v) is 3.37. The van der Waals surface area contributed by atoms with Crippen molar-refractivity contribution >= 4 is 0 Å². The smallest absolute Gasteiger partial charge is 0.138 e. The van der Waals surface area contributed by atoms with Crippen LogP contribution in [0, 0.1) is 19.7 Å². The second-order valence-electron chi connectivity index (χ2n) is 4.70. The minimum Gasteiger partial charge on any atom is -0.361 e. The molecule has 0 aliphatic rings. The topological polar surface area (TPSA) is 38.1 Å². The maximum atomic E-state index is 13.3. The van der Waals surface area contributed by atoms with Crippen LogP contribution in [0.1, 0.15) is 42.0 Å². The van der Waals surface area contributed by atoms with Crippen LogP contribution < -0.4 is 5.32 Å². The fraction of sp³-hybridized carbons (Fsp3) is 0.400. The van der Waals surface area contributed by atoms with Crippen molar-refractivity contribution in [1.82, 2.24) is 10.5 Å². The van der Waals surface area contributed by atoms with Gasteiger partial charge in [0.1, 0.15) is 11.6 Å². The highest BCUT2D eigenvalue weighted by molar-refractivity contribution is 5.23. The zero-order chi connectivity index (χ0) is 13.8. The van der Waals surface area contributed by atoms with Crippen LogP contribution in [0.3, 0.4) is 0 Å². The summed E-state index contributed by atoms with van der Waals surface area (Å²) >= 11 is 0. The van der Waals surface area contributed by atoms with Crippen LogP contribution in [-0.4, -0.2) is 5.16 Å². The molecule has 3 nitrogen and oxygen atoms in total. The van der Waals surface area contributed by atoms with Crippen molar-refractivity contribution in [3.63, 3.8) is 0 Å². The quantitative estimate of drug-likeness (QED) is 0.893. The van der Waals surface area contributed by atoms with Crippen LogP contribution in [0.15, 0.2) is 28.8 Å². The van der Waals surface area contributed by atoms with Crippen molar-refractivity contribution in [2.45, 2.75) is 39.8 Å². The van der Waals surface area contributed by atoms with E-state index < -0.39 is 0 Å². The van der Waals surface area contributed by atoms with Crippen LogP contribution in [0.25, 0.3) is 0 Å². The minimum atomic E-state index is -0.199. The van der Waals surface area contributed by atoms with Crippen molar-refractivity contribution in [1.29, 1.82) is 0 Å². The summed E-state index contributed by atoms with van der Waals surface area (Å²) in [5.41, 5.74) is 2.95. The summed E-state index contributed by atoms with van der Waals surface area (Å²) in [6.07, 6.45) is 0.896. The van der Waals surface area contributed by atoms with Gasteiger partial charge in [0, 0.05) is 18.2 Å². The van der Waals surface area contributed by atoms with Crippen LogP contribution >= 0.6 is 0 Å². The Morgan fingerprint density at radius 2 is 2.16 bits per heavy atom. The zero-order valence-corrected chi connectivity index (χ0v) is 11.5. The molecule has 1 aromatic carbocycles. The summed E-state index contributed by atoms with van der Waals surface area (Å²) < 4.78 is 18.4. The standard InChI is InChI=1S/C15H19FN2O/c1-4-15(12-6-5-7-13(16)8-12)17-9-14-10(2)18-19-11(14)3/h5-8,15,17H,4,9H2,1-3H3. The molecule has 0 aliphatic carbocycles. The van der Waals surface area contributed by atoms with Gasteiger partial charge in [-0.1, -0.05) is 24.2 Å². The molecule has 1 atom stereocenters. The third-order valence-electron chi connectivity index (χ3n) is 3.37. The van der Waals surface area contributed by atoms with E-state index in [1.54, 1.807) is 12.1 Å². The van der Waals surface area contributed by atoms with Crippen molar-refractivity contribution < 1.29 is 8.91 Å². The molecule has 0 saturated heterocycles. The van der Waals surface area contributed by atoms with Gasteiger partial charge in [0.2, 0.25) is 0 Å². The van der Waals surface area contributed by atoms with E-state index in [9.17, 15) is 4.39 Å². The van der Waals surface area contributed by atoms with Gasteiger partial charge in [-0.05, 0) is 38.0 Å². The lowest BCUT2D eigenvalue weighted by Gasteiger charge is -2.17. The van der Waals surface area contributed by atoms with Gasteiger partial charge in [0.25, 0.3) is 0 Å². The van der Waals surface area contributed by atoms with Gasteiger partial charge in [-0.2, -0.15) is 0 Å². The maximum absolute atomic E-state index is 13.3. The second-order valence-corrected chi connectivity index (χ2v) is 4.70. The van der Waals surface area contributed by atoms with Crippen LogP contribution in [0.5, 0.6) is 0 Å². The molecule has 4 heteroatoms. The molecule has 2 aromatic rings. The Hall–Kier alpha value is -1.68. The first kappa shape index (κ1) is 13.7. The number of hydrogen-bond donors (Lipinski definition) is 1. The third kappa shape index (κ3) is 3.20. The molecule has 0 fully saturated rings. The number of hydrogen-bond acceptors (Lipinski definition) is 3. The fourth-order valence-corrected chi connectivity index (χ4v) is 2.20. The highest BCUT2D eigenvalue weighted by Gasteiger charge is 2.13. The minimum absolute atomic E-state index is 0.129. The van der Waals surface area contributed by atoms with Crippen molar-refractivity contribution in [3.8, 4) is 0 Å². The Labute approximate surface area is 112 Å². The fourth-order valence-electron chi connectivity index (χ4n) is 2.20. The SMILES string of the molecule is CCC(NCc1c(C)noc1C)c1cccc(F)c1. The first-order chi connectivity index (χ1) is 9.11. The number of halogens is 1. The Balaban J connectivity index is 2.08. The average molecular weight is 262 g/mol. The molecule has 2 rings (SSSR count). The predicted molar refractivity (Wildman–Crippen MR) is 72.2 cm³/mol. The lowest BCUT2D eigenvalue weighted by molar-refractivity contribution is 0.391. The van der Waals surface area contributed by atoms with Crippen LogP contribution in [0.4, 0.5) is 4.39 Å². The van der Waals surface area contributed by atoms with Gasteiger partial charge in [0.05, 0.1) is 5.69 Å². The van der Waals surface area contributed by atoms with E-state index in [1.165, 1.54) is 6.07 Å². The highest BCUT2D eigenvalue weighted by Crippen LogP contribution is 2.19. The molecule has 19 heavy (non-hydrogen) atoms. The van der Waals surface area contributed by atoms with Gasteiger partial charge in [0.15, 0.2) is 0 Å². The van der Waals surface area contributed by atoms with Crippen LogP contribution in [-0.2, 0) is 6.54 Å². The molecule has 102 valence electrons. The molecule has 0 bridgehead atoms. The molecule has 0 radical (unpaired) electrons. The van der Waals surface area contributed by atoms with Gasteiger partial charge in [-0.15, -0.1) is 0 Å². The predicted octanol–water partition coefficient (Wildman–Crippen LogP) is 3.67. The Bertz CT molecular complexity index is 531. The molecule has 1 unspecified atom stereocenters. The lowest BCUT2D eigenvalue weighted by Crippen LogP contribution is -2.21. The van der Waals surface area contributed by atoms with Gasteiger partial charge >= 0.3 is 0 Å². The molecule has 0 aliphatic heterocycles. The number of benzene rings is 1. The molecular formula is C15H19FN2O. The number of nitrogens with one attached hydrogen (secondary N) is 1. The van der Waals surface area contributed by atoms with Gasteiger partial charge in [-0.3, -0.25) is 0 Å². The van der Waals surface area contributed by atoms with Crippen LogP contribution in [0.2, 0.25) is 0 Å². The summed E-state index contributed by atoms with van der Waals surface area (Å²) in [6, 6.07) is 6.85. The van der Waals surface area contributed by atoms with Gasteiger partial charge < -0.3 is 9.84 Å². The molecular weight excluding hydrogens is 243 g/mol. The molecule has 1 heterocycles. The van der Waals surface area contributed by atoms with E-state index in [0.717, 1.165) is 29.0 Å². The number of aromatic nitrogens is 1. The first-order valence-corrected chi connectivity index (χ1v) is 6.52. The number of nitrogens with zero attached hydrogens (tertiary/aromatic N) is 1. The second kappa shape index (κ2) is 5.97. The Morgan fingerprint density at radius 3 is 2.74 bits per heavy atom. The number of aryl methyl sites for hydroxylation is 2. The molecule has 0 spiro atoms. The largest absolute Gasteiger partial charge is 0.361 e. The summed E-state index contributed by atoms with van der Waals surface area (Å²) in [5, 5.41) is 7.36. The van der Waals surface area contributed by atoms with E-state index in [2.05, 4.69) is 17.4 Å². The Morgan fingerprint density at radius 1 is 1.37 bits per heavy atom. The highest BCUT2D eigenvalue weighted by atomic mass is 19.1. The van der Waals surface area contributed by atoms with Crippen molar-refractivity contribution in [2.24, 2.45) is 0 Å². The summed E-state index contributed by atoms with van der Waals surface area (Å²) in [6.45, 7) is 6.59. The maximum Gasteiger partial charge on any atom is 0.138 e. The van der Waals surface area contributed by atoms with Crippen molar-refractivity contribution in [3.05, 3.63) is 52.7 Å². The summed E-state index contributed by atoms with van der Waals surface area (Å²) in [5.74, 6) is 0.634. The Kier molecular flexibility index (Phi) is 4.32. The van der Waals surface area contributed by atoms with Gasteiger partial charge in [-0.25, -0.2) is 4.39 Å². The zero-order valence-electron chi connectivity index (χ0n) is 11.5. The van der Waals surface area contributed by atoms with E-state index in [0.29, 0.717) is 6.54 Å². The molecule has 1 N–H and O–H groups in total. The van der Waals surface area contributed by atoms with E-state index in [4.69, 9.17) is 4.52 Å². The molecule has 1 aromatic heterocycles. The number of rotatable bonds is 5. The summed E-state index contributed by atoms with van der Waals surface area (Å²) in [4.78, 5) is 0. The van der Waals surface area contributed by atoms with E-state index in [-0.39, 0.29) is 11.9 Å². The summed E-state index contributed by atoms with van der Waals surface area (Å²) in [7, 11) is 0. The van der Waals surface area contributed by atoms with Crippen molar-refractivity contribution in [2.75, 3.05) is 0 Å². The average Bonchev–Trinajstić information content (AvgIpc) is 2.71. The molecule has 0 saturated carbocycles. The lowest BCUT2D eigenvalue weighted by atomic mass is 10.0. The normalized spacial score (nSPS) is 12.6. The first-order valence-electron chi connectivity index (χ1n) is 6.52. The van der Waals surface area contributed by atoms with E-state index in [1.807, 2.05) is 19.9 Å².